The number of rotatable bonds is 6. The second-order valence-electron chi connectivity index (χ2n) is 4.10. The van der Waals surface area contributed by atoms with Crippen LogP contribution in [0.5, 0.6) is 5.75 Å². The first-order chi connectivity index (χ1) is 8.49. The number of nitro benzene ring substituents is 1. The summed E-state index contributed by atoms with van der Waals surface area (Å²) in [4.78, 5) is 10.6. The molecule has 0 radical (unpaired) electrons. The molecule has 4 nitrogen and oxygen atoms in total. The van der Waals surface area contributed by atoms with E-state index in [-0.39, 0.29) is 5.69 Å². The highest BCUT2D eigenvalue weighted by atomic mass is 79.9. The number of nitrogens with zero attached hydrogens (tertiary/aromatic N) is 1. The Balaban J connectivity index is 2.96. The summed E-state index contributed by atoms with van der Waals surface area (Å²) < 4.78 is 6.30. The number of aryl methyl sites for hydroxylation is 1. The lowest BCUT2D eigenvalue weighted by Gasteiger charge is -2.15. The fourth-order valence-corrected chi connectivity index (χ4v) is 2.46. The van der Waals surface area contributed by atoms with Gasteiger partial charge in [-0.2, -0.15) is 12.6 Å². The van der Waals surface area contributed by atoms with E-state index in [9.17, 15) is 10.1 Å². The second kappa shape index (κ2) is 6.99. The number of benzene rings is 1. The second-order valence-corrected chi connectivity index (χ2v) is 5.38. The molecule has 0 aliphatic heterocycles. The summed E-state index contributed by atoms with van der Waals surface area (Å²) >= 11 is 7.48. The van der Waals surface area contributed by atoms with Crippen molar-refractivity contribution in [1.82, 2.24) is 0 Å². The zero-order chi connectivity index (χ0) is 13.7. The summed E-state index contributed by atoms with van der Waals surface area (Å²) in [5, 5.41) is 11.0. The number of hydrogen-bond donors (Lipinski definition) is 1. The molecule has 0 bridgehead atoms. The molecule has 1 aromatic carbocycles. The molecule has 6 heteroatoms. The zero-order valence-corrected chi connectivity index (χ0v) is 12.8. The van der Waals surface area contributed by atoms with Gasteiger partial charge in [0.15, 0.2) is 5.75 Å². The maximum absolute atomic E-state index is 11.0. The molecule has 0 aliphatic carbocycles. The molecule has 0 fully saturated rings. The van der Waals surface area contributed by atoms with Gasteiger partial charge in [0.1, 0.15) is 0 Å². The third kappa shape index (κ3) is 3.88. The molecule has 0 saturated heterocycles. The Kier molecular flexibility index (Phi) is 5.95. The van der Waals surface area contributed by atoms with E-state index in [0.29, 0.717) is 28.5 Å². The first-order valence-electron chi connectivity index (χ1n) is 5.67. The highest BCUT2D eigenvalue weighted by Gasteiger charge is 2.19. The van der Waals surface area contributed by atoms with E-state index in [2.05, 4.69) is 28.6 Å². The molecule has 0 N–H and O–H groups in total. The van der Waals surface area contributed by atoms with Crippen LogP contribution in [-0.2, 0) is 0 Å². The van der Waals surface area contributed by atoms with Gasteiger partial charge in [0.2, 0.25) is 0 Å². The van der Waals surface area contributed by atoms with Crippen LogP contribution in [0.1, 0.15) is 18.9 Å². The Labute approximate surface area is 120 Å². The van der Waals surface area contributed by atoms with Crippen molar-refractivity contribution in [1.29, 1.82) is 0 Å². The van der Waals surface area contributed by atoms with E-state index in [1.807, 2.05) is 13.0 Å². The van der Waals surface area contributed by atoms with Crippen molar-refractivity contribution in [2.75, 3.05) is 12.4 Å². The van der Waals surface area contributed by atoms with Crippen LogP contribution in [0.4, 0.5) is 5.69 Å². The van der Waals surface area contributed by atoms with Crippen LogP contribution < -0.4 is 4.74 Å². The Bertz CT molecular complexity index is 436. The third-order valence-corrected chi connectivity index (χ3v) is 3.69. The number of ether oxygens (including phenoxy) is 1. The summed E-state index contributed by atoms with van der Waals surface area (Å²) in [6.07, 6.45) is 0.937. The molecule has 0 amide bonds. The largest absolute Gasteiger partial charge is 0.486 e. The molecule has 100 valence electrons. The van der Waals surface area contributed by atoms with Crippen molar-refractivity contribution in [2.45, 2.75) is 20.3 Å². The van der Waals surface area contributed by atoms with E-state index in [0.717, 1.165) is 12.0 Å². The van der Waals surface area contributed by atoms with Gasteiger partial charge in [-0.05, 0) is 30.7 Å². The molecule has 0 aromatic heterocycles. The summed E-state index contributed by atoms with van der Waals surface area (Å²) in [6, 6.07) is 3.27. The van der Waals surface area contributed by atoms with Crippen molar-refractivity contribution in [3.05, 3.63) is 32.3 Å². The maximum atomic E-state index is 11.0. The average molecular weight is 334 g/mol. The number of halogens is 1. The molecule has 1 aromatic rings. The van der Waals surface area contributed by atoms with Crippen LogP contribution in [-0.4, -0.2) is 17.3 Å². The number of thiol groups is 1. The minimum absolute atomic E-state index is 0.00380. The van der Waals surface area contributed by atoms with Crippen LogP contribution >= 0.6 is 28.6 Å². The van der Waals surface area contributed by atoms with Gasteiger partial charge in [-0.25, -0.2) is 0 Å². The molecule has 1 atom stereocenters. The van der Waals surface area contributed by atoms with Crippen LogP contribution in [0.25, 0.3) is 0 Å². The van der Waals surface area contributed by atoms with E-state index < -0.39 is 4.92 Å². The maximum Gasteiger partial charge on any atom is 0.312 e. The molecule has 1 unspecified atom stereocenters. The lowest BCUT2D eigenvalue weighted by Crippen LogP contribution is -2.14. The summed E-state index contributed by atoms with van der Waals surface area (Å²) in [5.74, 6) is 1.36. The van der Waals surface area contributed by atoms with Crippen LogP contribution in [0.3, 0.4) is 0 Å². The normalized spacial score (nSPS) is 12.2. The summed E-state index contributed by atoms with van der Waals surface area (Å²) in [5.41, 5.74) is 0.751. The predicted molar refractivity (Wildman–Crippen MR) is 78.7 cm³/mol. The van der Waals surface area contributed by atoms with Crippen molar-refractivity contribution < 1.29 is 9.66 Å². The Morgan fingerprint density at radius 1 is 1.56 bits per heavy atom. The van der Waals surface area contributed by atoms with Gasteiger partial charge in [-0.3, -0.25) is 10.1 Å². The van der Waals surface area contributed by atoms with Crippen LogP contribution in [0, 0.1) is 23.0 Å². The average Bonchev–Trinajstić information content (AvgIpc) is 2.31. The highest BCUT2D eigenvalue weighted by Crippen LogP contribution is 2.34. The summed E-state index contributed by atoms with van der Waals surface area (Å²) in [6.45, 7) is 4.30. The minimum atomic E-state index is -0.422. The van der Waals surface area contributed by atoms with Gasteiger partial charge < -0.3 is 4.74 Å². The van der Waals surface area contributed by atoms with Gasteiger partial charge in [0.05, 0.1) is 11.5 Å². The molecular formula is C12H16BrNO3S. The molecular weight excluding hydrogens is 318 g/mol. The molecule has 0 heterocycles. The lowest BCUT2D eigenvalue weighted by atomic mass is 10.1. The van der Waals surface area contributed by atoms with Crippen molar-refractivity contribution >= 4 is 34.2 Å². The topological polar surface area (TPSA) is 52.4 Å². The predicted octanol–water partition coefficient (Wildman–Crippen LogP) is 4.00. The Morgan fingerprint density at radius 2 is 2.22 bits per heavy atom. The van der Waals surface area contributed by atoms with E-state index in [1.54, 1.807) is 6.92 Å². The van der Waals surface area contributed by atoms with Crippen LogP contribution in [0.15, 0.2) is 16.6 Å². The quantitative estimate of drug-likeness (QED) is 0.486. The van der Waals surface area contributed by atoms with Crippen molar-refractivity contribution in [3.8, 4) is 5.75 Å². The zero-order valence-electron chi connectivity index (χ0n) is 10.4. The van der Waals surface area contributed by atoms with Gasteiger partial charge in [-0.1, -0.05) is 22.9 Å². The van der Waals surface area contributed by atoms with Gasteiger partial charge in [0, 0.05) is 16.5 Å². The van der Waals surface area contributed by atoms with E-state index >= 15 is 0 Å². The monoisotopic (exact) mass is 333 g/mol. The molecule has 0 spiro atoms. The molecule has 18 heavy (non-hydrogen) atoms. The number of nitro groups is 1. The smallest absolute Gasteiger partial charge is 0.312 e. The Hall–Kier alpha value is -0.750. The first kappa shape index (κ1) is 15.3. The van der Waals surface area contributed by atoms with Gasteiger partial charge in [0.25, 0.3) is 0 Å². The highest BCUT2D eigenvalue weighted by molar-refractivity contribution is 9.10. The van der Waals surface area contributed by atoms with Gasteiger partial charge >= 0.3 is 5.69 Å². The standard InChI is InChI=1S/C12H16BrNO3S/c1-3-9(7-18)6-17-12-8(2)4-10(13)5-11(12)14(15)16/h4-5,9,18H,3,6-7H2,1-2H3. The van der Waals surface area contributed by atoms with Crippen molar-refractivity contribution in [3.63, 3.8) is 0 Å². The van der Waals surface area contributed by atoms with E-state index in [1.165, 1.54) is 6.07 Å². The van der Waals surface area contributed by atoms with Crippen LogP contribution in [0.2, 0.25) is 0 Å². The minimum Gasteiger partial charge on any atom is -0.486 e. The molecule has 1 rings (SSSR count). The third-order valence-electron chi connectivity index (χ3n) is 2.72. The fourth-order valence-electron chi connectivity index (χ4n) is 1.54. The lowest BCUT2D eigenvalue weighted by molar-refractivity contribution is -0.386. The van der Waals surface area contributed by atoms with Crippen molar-refractivity contribution in [2.24, 2.45) is 5.92 Å². The number of hydrogen-bond acceptors (Lipinski definition) is 4. The van der Waals surface area contributed by atoms with E-state index in [4.69, 9.17) is 4.74 Å². The van der Waals surface area contributed by atoms with Gasteiger partial charge in [-0.15, -0.1) is 0 Å². The Morgan fingerprint density at radius 3 is 2.72 bits per heavy atom. The molecule has 0 aliphatic rings. The fraction of sp³-hybridized carbons (Fsp3) is 0.500. The first-order valence-corrected chi connectivity index (χ1v) is 7.10. The summed E-state index contributed by atoms with van der Waals surface area (Å²) in [7, 11) is 0. The SMILES string of the molecule is CCC(CS)COc1c(C)cc(Br)cc1[N+](=O)[O-]. The molecule has 0 saturated carbocycles.